The Morgan fingerprint density at radius 2 is 2.20 bits per heavy atom. The summed E-state index contributed by atoms with van der Waals surface area (Å²) >= 11 is 0. The fourth-order valence-corrected chi connectivity index (χ4v) is 3.24. The third-order valence-electron chi connectivity index (χ3n) is 4.69. The van der Waals surface area contributed by atoms with E-state index in [0.717, 1.165) is 12.8 Å². The number of cyclic esters (lactones) is 1. The Balaban J connectivity index is 2.01. The number of hydrogen-bond donors (Lipinski definition) is 2. The summed E-state index contributed by atoms with van der Waals surface area (Å²) in [5.41, 5.74) is 0. The van der Waals surface area contributed by atoms with Gasteiger partial charge in [-0.2, -0.15) is 0 Å². The maximum absolute atomic E-state index is 12.6. The molecule has 0 aromatic carbocycles. The van der Waals surface area contributed by atoms with Gasteiger partial charge in [0.1, 0.15) is 6.61 Å². The monoisotopic (exact) mass is 352 g/mol. The second kappa shape index (κ2) is 9.56. The Morgan fingerprint density at radius 3 is 2.96 bits per heavy atom. The van der Waals surface area contributed by atoms with Crippen molar-refractivity contribution < 1.29 is 24.2 Å². The molecule has 0 aromatic rings. The van der Waals surface area contributed by atoms with Crippen molar-refractivity contribution in [1.82, 2.24) is 10.2 Å². The van der Waals surface area contributed by atoms with Crippen LogP contribution in [-0.2, 0) is 19.1 Å². The molecule has 3 unspecified atom stereocenters. The van der Waals surface area contributed by atoms with Gasteiger partial charge in [0.05, 0.1) is 24.6 Å². The molecule has 2 N–H and O–H groups in total. The summed E-state index contributed by atoms with van der Waals surface area (Å²) in [6.07, 6.45) is 6.85. The molecule has 1 saturated heterocycles. The van der Waals surface area contributed by atoms with Crippen molar-refractivity contribution >= 4 is 17.8 Å². The highest BCUT2D eigenvalue weighted by Gasteiger charge is 2.31. The van der Waals surface area contributed by atoms with Crippen LogP contribution in [0, 0.1) is 5.92 Å². The number of nitrogens with one attached hydrogen (secondary N) is 1. The fraction of sp³-hybridized carbons (Fsp3) is 0.722. The van der Waals surface area contributed by atoms with Crippen molar-refractivity contribution in [3.63, 3.8) is 0 Å². The van der Waals surface area contributed by atoms with Crippen molar-refractivity contribution in [2.24, 2.45) is 5.92 Å². The Hall–Kier alpha value is -1.89. The van der Waals surface area contributed by atoms with Crippen LogP contribution in [0.5, 0.6) is 0 Å². The molecular formula is C18H28N2O5. The lowest BCUT2D eigenvalue weighted by Gasteiger charge is -2.26. The molecule has 3 atom stereocenters. The van der Waals surface area contributed by atoms with Crippen LogP contribution in [0.3, 0.4) is 0 Å². The molecule has 2 aliphatic heterocycles. The zero-order chi connectivity index (χ0) is 18.2. The van der Waals surface area contributed by atoms with Gasteiger partial charge in [0.2, 0.25) is 11.8 Å². The zero-order valence-electron chi connectivity index (χ0n) is 14.8. The lowest BCUT2D eigenvalue weighted by molar-refractivity contribution is -0.145. The van der Waals surface area contributed by atoms with Gasteiger partial charge < -0.3 is 20.1 Å². The first kappa shape index (κ1) is 19.4. The predicted octanol–water partition coefficient (Wildman–Crippen LogP) is 0.764. The van der Waals surface area contributed by atoms with Gasteiger partial charge in [-0.05, 0) is 32.6 Å². The maximum atomic E-state index is 12.6. The SMILES string of the molecule is CC1COC(=O)CCC=CCC(CC(=O)N2CCCC2CO)C(=O)N1. The maximum Gasteiger partial charge on any atom is 0.306 e. The summed E-state index contributed by atoms with van der Waals surface area (Å²) < 4.78 is 5.11. The molecule has 1 fully saturated rings. The summed E-state index contributed by atoms with van der Waals surface area (Å²) in [6, 6.07) is -0.426. The lowest BCUT2D eigenvalue weighted by Crippen LogP contribution is -2.43. The molecule has 0 aliphatic carbocycles. The smallest absolute Gasteiger partial charge is 0.306 e. The molecule has 0 spiro atoms. The second-order valence-corrected chi connectivity index (χ2v) is 6.81. The third-order valence-corrected chi connectivity index (χ3v) is 4.69. The molecule has 0 bridgehead atoms. The van der Waals surface area contributed by atoms with Gasteiger partial charge in [-0.15, -0.1) is 0 Å². The fourth-order valence-electron chi connectivity index (χ4n) is 3.24. The highest BCUT2D eigenvalue weighted by atomic mass is 16.5. The number of aliphatic hydroxyl groups is 1. The minimum absolute atomic E-state index is 0.0368. The van der Waals surface area contributed by atoms with E-state index in [1.807, 2.05) is 12.2 Å². The summed E-state index contributed by atoms with van der Waals surface area (Å²) in [5.74, 6) is -1.03. The van der Waals surface area contributed by atoms with E-state index in [4.69, 9.17) is 4.74 Å². The molecule has 0 saturated carbocycles. The van der Waals surface area contributed by atoms with Crippen LogP contribution in [0.4, 0.5) is 0 Å². The minimum Gasteiger partial charge on any atom is -0.463 e. The summed E-state index contributed by atoms with van der Waals surface area (Å²) in [7, 11) is 0. The Bertz CT molecular complexity index is 520. The van der Waals surface area contributed by atoms with Crippen LogP contribution < -0.4 is 5.32 Å². The van der Waals surface area contributed by atoms with E-state index in [9.17, 15) is 19.5 Å². The van der Waals surface area contributed by atoms with Crippen molar-refractivity contribution in [3.05, 3.63) is 12.2 Å². The topological polar surface area (TPSA) is 95.9 Å². The van der Waals surface area contributed by atoms with Crippen LogP contribution in [0.1, 0.15) is 45.4 Å². The van der Waals surface area contributed by atoms with E-state index < -0.39 is 5.92 Å². The number of amides is 2. The van der Waals surface area contributed by atoms with Gasteiger partial charge in [-0.25, -0.2) is 0 Å². The number of aliphatic hydroxyl groups excluding tert-OH is 1. The Morgan fingerprint density at radius 1 is 1.40 bits per heavy atom. The average Bonchev–Trinajstić information content (AvgIpc) is 3.06. The zero-order valence-corrected chi connectivity index (χ0v) is 14.8. The predicted molar refractivity (Wildman–Crippen MR) is 91.5 cm³/mol. The van der Waals surface area contributed by atoms with Crippen molar-refractivity contribution in [3.8, 4) is 0 Å². The first-order chi connectivity index (χ1) is 12.0. The van der Waals surface area contributed by atoms with Gasteiger partial charge in [-0.1, -0.05) is 12.2 Å². The van der Waals surface area contributed by atoms with Gasteiger partial charge in [-0.3, -0.25) is 14.4 Å². The number of allylic oxidation sites excluding steroid dienone is 2. The number of ether oxygens (including phenoxy) is 1. The first-order valence-electron chi connectivity index (χ1n) is 9.02. The molecule has 7 heteroatoms. The average molecular weight is 352 g/mol. The van der Waals surface area contributed by atoms with Gasteiger partial charge >= 0.3 is 5.97 Å². The van der Waals surface area contributed by atoms with Crippen molar-refractivity contribution in [2.75, 3.05) is 19.8 Å². The van der Waals surface area contributed by atoms with E-state index in [1.165, 1.54) is 0 Å². The van der Waals surface area contributed by atoms with Crippen LogP contribution >= 0.6 is 0 Å². The molecule has 7 nitrogen and oxygen atoms in total. The highest BCUT2D eigenvalue weighted by Crippen LogP contribution is 2.21. The number of nitrogens with zero attached hydrogens (tertiary/aromatic N) is 1. The molecule has 2 amide bonds. The second-order valence-electron chi connectivity index (χ2n) is 6.81. The first-order valence-corrected chi connectivity index (χ1v) is 9.02. The molecule has 2 rings (SSSR count). The molecule has 140 valence electrons. The Kier molecular flexibility index (Phi) is 7.43. The molecular weight excluding hydrogens is 324 g/mol. The normalized spacial score (nSPS) is 28.7. The van der Waals surface area contributed by atoms with Gasteiger partial charge in [0.15, 0.2) is 0 Å². The number of esters is 1. The molecule has 25 heavy (non-hydrogen) atoms. The summed E-state index contributed by atoms with van der Waals surface area (Å²) in [6.45, 7) is 2.51. The number of carbonyl (C=O) groups is 3. The van der Waals surface area contributed by atoms with E-state index in [0.29, 0.717) is 25.8 Å². The van der Waals surface area contributed by atoms with E-state index >= 15 is 0 Å². The molecule has 2 aliphatic rings. The standard InChI is InChI=1S/C18H28N2O5/c1-13-12-25-17(23)8-4-2-3-6-14(18(24)19-13)10-16(22)20-9-5-7-15(20)11-21/h2-3,13-15,21H,4-12H2,1H3,(H,19,24). The number of hydrogen-bond acceptors (Lipinski definition) is 5. The van der Waals surface area contributed by atoms with Crippen LogP contribution in [0.2, 0.25) is 0 Å². The summed E-state index contributed by atoms with van der Waals surface area (Å²) in [4.78, 5) is 38.3. The quantitative estimate of drug-likeness (QED) is 0.578. The van der Waals surface area contributed by atoms with E-state index in [-0.39, 0.29) is 49.5 Å². The molecule has 0 aromatic heterocycles. The van der Waals surface area contributed by atoms with E-state index in [1.54, 1.807) is 11.8 Å². The molecule has 0 radical (unpaired) electrons. The third kappa shape index (κ3) is 5.85. The van der Waals surface area contributed by atoms with E-state index in [2.05, 4.69) is 5.32 Å². The van der Waals surface area contributed by atoms with Gasteiger partial charge in [0.25, 0.3) is 0 Å². The lowest BCUT2D eigenvalue weighted by atomic mass is 9.98. The number of carbonyl (C=O) groups excluding carboxylic acids is 3. The molecule has 2 heterocycles. The number of likely N-dealkylation sites (tertiary alicyclic amines) is 1. The van der Waals surface area contributed by atoms with Crippen molar-refractivity contribution in [1.29, 1.82) is 0 Å². The largest absolute Gasteiger partial charge is 0.463 e. The summed E-state index contributed by atoms with van der Waals surface area (Å²) in [5, 5.41) is 12.2. The minimum atomic E-state index is -0.457. The number of rotatable bonds is 3. The highest BCUT2D eigenvalue weighted by molar-refractivity contribution is 5.86. The van der Waals surface area contributed by atoms with Crippen LogP contribution in [0.25, 0.3) is 0 Å². The van der Waals surface area contributed by atoms with Crippen molar-refractivity contribution in [2.45, 2.75) is 57.5 Å². The van der Waals surface area contributed by atoms with Crippen LogP contribution in [0.15, 0.2) is 12.2 Å². The Labute approximate surface area is 148 Å². The van der Waals surface area contributed by atoms with Gasteiger partial charge in [0, 0.05) is 19.4 Å². The van der Waals surface area contributed by atoms with Crippen LogP contribution in [-0.4, -0.2) is 59.6 Å².